The SMILES string of the molecule is O=C(C=Cc1ccc(O)c(Cl)c1)c1ccc(N2CCCCC2)cc1. The average Bonchev–Trinajstić information content (AvgIpc) is 2.63. The Kier molecular flexibility index (Phi) is 5.21. The summed E-state index contributed by atoms with van der Waals surface area (Å²) < 4.78 is 0. The van der Waals surface area contributed by atoms with Crippen molar-refractivity contribution in [2.24, 2.45) is 0 Å². The number of aromatic hydroxyl groups is 1. The minimum absolute atomic E-state index is 0.0356. The molecule has 1 saturated heterocycles. The summed E-state index contributed by atoms with van der Waals surface area (Å²) in [6, 6.07) is 12.6. The van der Waals surface area contributed by atoms with Gasteiger partial charge in [0.05, 0.1) is 5.02 Å². The van der Waals surface area contributed by atoms with Crippen molar-refractivity contribution in [3.8, 4) is 5.75 Å². The lowest BCUT2D eigenvalue weighted by Crippen LogP contribution is -2.29. The van der Waals surface area contributed by atoms with Crippen LogP contribution in [-0.4, -0.2) is 24.0 Å². The highest BCUT2D eigenvalue weighted by Gasteiger charge is 2.11. The Morgan fingerprint density at radius 1 is 1.04 bits per heavy atom. The molecular formula is C20H20ClNO2. The number of phenols is 1. The van der Waals surface area contributed by atoms with Gasteiger partial charge in [-0.05, 0) is 67.3 Å². The van der Waals surface area contributed by atoms with Crippen LogP contribution in [0.4, 0.5) is 5.69 Å². The summed E-state index contributed by atoms with van der Waals surface area (Å²) in [5.74, 6) is -0.0159. The second-order valence-electron chi connectivity index (χ2n) is 6.00. The van der Waals surface area contributed by atoms with Crippen LogP contribution >= 0.6 is 11.6 Å². The van der Waals surface area contributed by atoms with Crippen LogP contribution in [0, 0.1) is 0 Å². The van der Waals surface area contributed by atoms with Crippen molar-refractivity contribution < 1.29 is 9.90 Å². The molecule has 0 unspecified atom stereocenters. The molecule has 4 heteroatoms. The number of ketones is 1. The molecule has 2 aromatic rings. The number of hydrogen-bond donors (Lipinski definition) is 1. The maximum absolute atomic E-state index is 12.3. The van der Waals surface area contributed by atoms with Crippen molar-refractivity contribution in [2.45, 2.75) is 19.3 Å². The zero-order valence-corrected chi connectivity index (χ0v) is 14.2. The number of allylic oxidation sites excluding steroid dienone is 1. The van der Waals surface area contributed by atoms with E-state index in [9.17, 15) is 9.90 Å². The highest BCUT2D eigenvalue weighted by atomic mass is 35.5. The van der Waals surface area contributed by atoms with Gasteiger partial charge in [0.1, 0.15) is 5.75 Å². The normalized spacial score (nSPS) is 15.0. The van der Waals surface area contributed by atoms with Crippen LogP contribution in [0.5, 0.6) is 5.75 Å². The largest absolute Gasteiger partial charge is 0.506 e. The fourth-order valence-electron chi connectivity index (χ4n) is 2.88. The Morgan fingerprint density at radius 3 is 2.42 bits per heavy atom. The zero-order chi connectivity index (χ0) is 16.9. The van der Waals surface area contributed by atoms with E-state index >= 15 is 0 Å². The third-order valence-corrected chi connectivity index (χ3v) is 4.57. The highest BCUT2D eigenvalue weighted by molar-refractivity contribution is 6.32. The van der Waals surface area contributed by atoms with E-state index in [-0.39, 0.29) is 16.6 Å². The van der Waals surface area contributed by atoms with Crippen LogP contribution < -0.4 is 4.90 Å². The average molecular weight is 342 g/mol. The molecule has 0 atom stereocenters. The van der Waals surface area contributed by atoms with Gasteiger partial charge in [0.2, 0.25) is 0 Å². The van der Waals surface area contributed by atoms with Gasteiger partial charge in [0, 0.05) is 24.3 Å². The van der Waals surface area contributed by atoms with Crippen LogP contribution in [0.15, 0.2) is 48.5 Å². The Balaban J connectivity index is 1.68. The maximum Gasteiger partial charge on any atom is 0.185 e. The van der Waals surface area contributed by atoms with E-state index in [2.05, 4.69) is 4.90 Å². The molecule has 0 aromatic heterocycles. The van der Waals surface area contributed by atoms with E-state index in [0.717, 1.165) is 18.7 Å². The van der Waals surface area contributed by atoms with E-state index in [1.54, 1.807) is 18.2 Å². The first kappa shape index (κ1) is 16.6. The van der Waals surface area contributed by atoms with Crippen LogP contribution in [0.2, 0.25) is 5.02 Å². The molecule has 0 spiro atoms. The van der Waals surface area contributed by atoms with Gasteiger partial charge in [-0.1, -0.05) is 23.7 Å². The molecule has 0 saturated carbocycles. The lowest BCUT2D eigenvalue weighted by molar-refractivity contribution is 0.104. The summed E-state index contributed by atoms with van der Waals surface area (Å²) >= 11 is 5.86. The van der Waals surface area contributed by atoms with Gasteiger partial charge in [0.15, 0.2) is 5.78 Å². The molecule has 24 heavy (non-hydrogen) atoms. The standard InChI is InChI=1S/C20H20ClNO2/c21-18-14-15(5-11-20(18)24)4-10-19(23)16-6-8-17(9-7-16)22-12-2-1-3-13-22/h4-11,14,24H,1-3,12-13H2. The third kappa shape index (κ3) is 3.98. The van der Waals surface area contributed by atoms with Gasteiger partial charge in [-0.3, -0.25) is 4.79 Å². The topological polar surface area (TPSA) is 40.5 Å². The predicted octanol–water partition coefficient (Wildman–Crippen LogP) is 4.93. The number of halogens is 1. The highest BCUT2D eigenvalue weighted by Crippen LogP contribution is 2.24. The number of nitrogens with zero attached hydrogens (tertiary/aromatic N) is 1. The molecule has 3 rings (SSSR count). The third-order valence-electron chi connectivity index (χ3n) is 4.27. The van der Waals surface area contributed by atoms with Gasteiger partial charge < -0.3 is 10.0 Å². The van der Waals surface area contributed by atoms with E-state index < -0.39 is 0 Å². The summed E-state index contributed by atoms with van der Waals surface area (Å²) in [5, 5.41) is 9.68. The number of anilines is 1. The summed E-state index contributed by atoms with van der Waals surface area (Å²) in [5.41, 5.74) is 2.62. The monoisotopic (exact) mass is 341 g/mol. The summed E-state index contributed by atoms with van der Waals surface area (Å²) in [6.45, 7) is 2.18. The second kappa shape index (κ2) is 7.54. The molecule has 1 N–H and O–H groups in total. The number of rotatable bonds is 4. The molecule has 0 aliphatic carbocycles. The number of carbonyl (C=O) groups excluding carboxylic acids is 1. The molecule has 124 valence electrons. The number of carbonyl (C=O) groups is 1. The van der Waals surface area contributed by atoms with Crippen molar-refractivity contribution in [1.29, 1.82) is 0 Å². The predicted molar refractivity (Wildman–Crippen MR) is 99.0 cm³/mol. The fraction of sp³-hybridized carbons (Fsp3) is 0.250. The van der Waals surface area contributed by atoms with Crippen molar-refractivity contribution in [1.82, 2.24) is 0 Å². The van der Waals surface area contributed by atoms with Gasteiger partial charge in [-0.2, -0.15) is 0 Å². The lowest BCUT2D eigenvalue weighted by Gasteiger charge is -2.28. The van der Waals surface area contributed by atoms with Gasteiger partial charge in [0.25, 0.3) is 0 Å². The van der Waals surface area contributed by atoms with Crippen LogP contribution in [0.3, 0.4) is 0 Å². The first-order valence-electron chi connectivity index (χ1n) is 8.19. The molecule has 1 heterocycles. The zero-order valence-electron chi connectivity index (χ0n) is 13.4. The fourth-order valence-corrected chi connectivity index (χ4v) is 3.07. The summed E-state index contributed by atoms with van der Waals surface area (Å²) in [4.78, 5) is 14.6. The molecule has 2 aromatic carbocycles. The smallest absolute Gasteiger partial charge is 0.185 e. The number of phenolic OH excluding ortho intramolecular Hbond substituents is 1. The number of benzene rings is 2. The number of piperidine rings is 1. The molecule has 1 aliphatic heterocycles. The van der Waals surface area contributed by atoms with E-state index in [1.807, 2.05) is 24.3 Å². The second-order valence-corrected chi connectivity index (χ2v) is 6.41. The Hall–Kier alpha value is -2.26. The molecular weight excluding hydrogens is 322 g/mol. The van der Waals surface area contributed by atoms with Crippen molar-refractivity contribution in [2.75, 3.05) is 18.0 Å². The Morgan fingerprint density at radius 2 is 1.75 bits per heavy atom. The lowest BCUT2D eigenvalue weighted by atomic mass is 10.1. The Labute approximate surface area is 147 Å². The van der Waals surface area contributed by atoms with Gasteiger partial charge in [-0.15, -0.1) is 0 Å². The maximum atomic E-state index is 12.3. The van der Waals surface area contributed by atoms with Gasteiger partial charge in [-0.25, -0.2) is 0 Å². The molecule has 0 radical (unpaired) electrons. The van der Waals surface area contributed by atoms with Crippen molar-refractivity contribution >= 4 is 29.1 Å². The summed E-state index contributed by atoms with van der Waals surface area (Å²) in [6.07, 6.45) is 7.00. The first-order chi connectivity index (χ1) is 11.6. The quantitative estimate of drug-likeness (QED) is 0.633. The molecule has 3 nitrogen and oxygen atoms in total. The van der Waals surface area contributed by atoms with Crippen molar-refractivity contribution in [3.05, 3.63) is 64.7 Å². The van der Waals surface area contributed by atoms with Crippen LogP contribution in [0.25, 0.3) is 6.08 Å². The van der Waals surface area contributed by atoms with Gasteiger partial charge >= 0.3 is 0 Å². The molecule has 1 fully saturated rings. The summed E-state index contributed by atoms with van der Waals surface area (Å²) in [7, 11) is 0. The number of hydrogen-bond acceptors (Lipinski definition) is 3. The molecule has 0 amide bonds. The molecule has 0 bridgehead atoms. The van der Waals surface area contributed by atoms with Crippen molar-refractivity contribution in [3.63, 3.8) is 0 Å². The Bertz CT molecular complexity index is 747. The van der Waals surface area contributed by atoms with E-state index in [1.165, 1.54) is 37.1 Å². The first-order valence-corrected chi connectivity index (χ1v) is 8.57. The van der Waals surface area contributed by atoms with Crippen LogP contribution in [0.1, 0.15) is 35.2 Å². The van der Waals surface area contributed by atoms with Crippen LogP contribution in [-0.2, 0) is 0 Å². The minimum Gasteiger partial charge on any atom is -0.506 e. The van der Waals surface area contributed by atoms with E-state index in [0.29, 0.717) is 5.56 Å². The van der Waals surface area contributed by atoms with E-state index in [4.69, 9.17) is 11.6 Å². The molecule has 1 aliphatic rings. The minimum atomic E-state index is -0.0515.